The van der Waals surface area contributed by atoms with Crippen LogP contribution in [-0.2, 0) is 16.6 Å². The highest BCUT2D eigenvalue weighted by Gasteiger charge is 2.35. The molecule has 0 bridgehead atoms. The second kappa shape index (κ2) is 6.74. The molecule has 144 valence electrons. The molecule has 28 heavy (non-hydrogen) atoms. The molecule has 1 aliphatic heterocycles. The van der Waals surface area contributed by atoms with E-state index in [1.54, 1.807) is 15.8 Å². The summed E-state index contributed by atoms with van der Waals surface area (Å²) in [6.45, 7) is 6.32. The van der Waals surface area contributed by atoms with E-state index in [2.05, 4.69) is 15.4 Å². The van der Waals surface area contributed by atoms with Gasteiger partial charge in [-0.05, 0) is 44.0 Å². The van der Waals surface area contributed by atoms with Gasteiger partial charge in [0.05, 0.1) is 23.5 Å². The van der Waals surface area contributed by atoms with Crippen LogP contribution in [-0.4, -0.2) is 33.1 Å². The predicted molar refractivity (Wildman–Crippen MR) is 108 cm³/mol. The quantitative estimate of drug-likeness (QED) is 0.761. The van der Waals surface area contributed by atoms with Crippen molar-refractivity contribution in [3.8, 4) is 0 Å². The minimum Gasteiger partial charge on any atom is -0.324 e. The van der Waals surface area contributed by atoms with Crippen LogP contribution in [0, 0.1) is 26.7 Å². The van der Waals surface area contributed by atoms with E-state index >= 15 is 0 Å². The highest BCUT2D eigenvalue weighted by Crippen LogP contribution is 2.30. The third kappa shape index (κ3) is 3.02. The number of nitrogens with one attached hydrogen (secondary N) is 1. The maximum absolute atomic E-state index is 12.8. The van der Waals surface area contributed by atoms with E-state index in [9.17, 15) is 9.59 Å². The Kier molecular flexibility index (Phi) is 4.37. The number of hydrogen-bond acceptors (Lipinski definition) is 4. The van der Waals surface area contributed by atoms with Gasteiger partial charge in [-0.1, -0.05) is 12.1 Å². The van der Waals surface area contributed by atoms with Crippen LogP contribution in [0.5, 0.6) is 0 Å². The molecule has 7 heteroatoms. The van der Waals surface area contributed by atoms with Crippen molar-refractivity contribution in [2.24, 2.45) is 13.0 Å². The van der Waals surface area contributed by atoms with Crippen molar-refractivity contribution in [2.75, 3.05) is 16.8 Å². The summed E-state index contributed by atoms with van der Waals surface area (Å²) >= 11 is 0. The number of carbonyl (C=O) groups is 2. The Morgan fingerprint density at radius 3 is 2.82 bits per heavy atom. The lowest BCUT2D eigenvalue weighted by Gasteiger charge is -2.20. The van der Waals surface area contributed by atoms with Crippen LogP contribution >= 0.6 is 0 Å². The fraction of sp³-hybridized carbons (Fsp3) is 0.333. The molecule has 7 nitrogen and oxygen atoms in total. The van der Waals surface area contributed by atoms with Gasteiger partial charge in [0.25, 0.3) is 0 Å². The Balaban J connectivity index is 1.52. The lowest BCUT2D eigenvalue weighted by atomic mass is 10.1. The Morgan fingerprint density at radius 1 is 1.25 bits per heavy atom. The molecule has 0 saturated carbocycles. The van der Waals surface area contributed by atoms with Gasteiger partial charge in [0.2, 0.25) is 11.8 Å². The van der Waals surface area contributed by atoms with Gasteiger partial charge in [0, 0.05) is 31.1 Å². The molecule has 4 rings (SSSR count). The van der Waals surface area contributed by atoms with Gasteiger partial charge < -0.3 is 10.2 Å². The topological polar surface area (TPSA) is 80.1 Å². The number of aromatic nitrogens is 3. The summed E-state index contributed by atoms with van der Waals surface area (Å²) in [5.41, 5.74) is 5.33. The van der Waals surface area contributed by atoms with E-state index in [-0.39, 0.29) is 18.2 Å². The van der Waals surface area contributed by atoms with Gasteiger partial charge in [-0.25, -0.2) is 4.98 Å². The number of pyridine rings is 1. The molecule has 2 aromatic heterocycles. The summed E-state index contributed by atoms with van der Waals surface area (Å²) in [6.07, 6.45) is 1.83. The molecule has 1 N–H and O–H groups in total. The standard InChI is InChI=1S/C21H23N5O2/c1-12-6-5-7-18(13(12)2)26-11-15(8-19(26)27)21(28)23-16-9-17-14(3)24-25(4)20(17)22-10-16/h5-7,9-10,15H,8,11H2,1-4H3,(H,23,28). The summed E-state index contributed by atoms with van der Waals surface area (Å²) in [5, 5.41) is 8.16. The van der Waals surface area contributed by atoms with Crippen LogP contribution in [0.2, 0.25) is 0 Å². The zero-order chi connectivity index (χ0) is 20.0. The van der Waals surface area contributed by atoms with Gasteiger partial charge in [-0.2, -0.15) is 5.10 Å². The molecule has 0 radical (unpaired) electrons. The predicted octanol–water partition coefficient (Wildman–Crippen LogP) is 2.89. The first-order valence-corrected chi connectivity index (χ1v) is 9.32. The first-order chi connectivity index (χ1) is 13.3. The van der Waals surface area contributed by atoms with Crippen molar-refractivity contribution in [1.82, 2.24) is 14.8 Å². The van der Waals surface area contributed by atoms with Crippen molar-refractivity contribution in [2.45, 2.75) is 27.2 Å². The monoisotopic (exact) mass is 377 g/mol. The number of fused-ring (bicyclic) bond motifs is 1. The van der Waals surface area contributed by atoms with E-state index in [1.807, 2.05) is 52.1 Å². The van der Waals surface area contributed by atoms with E-state index < -0.39 is 5.92 Å². The molecule has 0 spiro atoms. The minimum absolute atomic E-state index is 0.0227. The summed E-state index contributed by atoms with van der Waals surface area (Å²) in [4.78, 5) is 31.4. The summed E-state index contributed by atoms with van der Waals surface area (Å²) in [7, 11) is 1.84. The summed E-state index contributed by atoms with van der Waals surface area (Å²) in [6, 6.07) is 7.77. The second-order valence-corrected chi connectivity index (χ2v) is 7.42. The molecule has 1 aromatic carbocycles. The number of amides is 2. The van der Waals surface area contributed by atoms with Crippen LogP contribution in [0.15, 0.2) is 30.5 Å². The third-order valence-electron chi connectivity index (χ3n) is 5.49. The van der Waals surface area contributed by atoms with E-state index in [0.717, 1.165) is 33.5 Å². The molecule has 2 amide bonds. The molecular weight excluding hydrogens is 354 g/mol. The highest BCUT2D eigenvalue weighted by atomic mass is 16.2. The van der Waals surface area contributed by atoms with Crippen LogP contribution in [0.3, 0.4) is 0 Å². The molecule has 1 unspecified atom stereocenters. The molecule has 1 fully saturated rings. The average molecular weight is 377 g/mol. The number of nitrogens with zero attached hydrogens (tertiary/aromatic N) is 4. The van der Waals surface area contributed by atoms with Gasteiger partial charge >= 0.3 is 0 Å². The van der Waals surface area contributed by atoms with Crippen molar-refractivity contribution < 1.29 is 9.59 Å². The van der Waals surface area contributed by atoms with Gasteiger partial charge in [-0.3, -0.25) is 14.3 Å². The van der Waals surface area contributed by atoms with Crippen LogP contribution in [0.25, 0.3) is 11.0 Å². The molecule has 0 aliphatic carbocycles. The van der Waals surface area contributed by atoms with Crippen LogP contribution < -0.4 is 10.2 Å². The highest BCUT2D eigenvalue weighted by molar-refractivity contribution is 6.04. The number of aryl methyl sites for hydroxylation is 3. The lowest BCUT2D eigenvalue weighted by Crippen LogP contribution is -2.28. The van der Waals surface area contributed by atoms with Crippen LogP contribution in [0.1, 0.15) is 23.2 Å². The minimum atomic E-state index is -0.391. The Morgan fingerprint density at radius 2 is 2.04 bits per heavy atom. The maximum atomic E-state index is 12.8. The van der Waals surface area contributed by atoms with Crippen molar-refractivity contribution in [3.05, 3.63) is 47.3 Å². The summed E-state index contributed by atoms with van der Waals surface area (Å²) in [5.74, 6) is -0.576. The largest absolute Gasteiger partial charge is 0.324 e. The number of carbonyl (C=O) groups excluding carboxylic acids is 2. The lowest BCUT2D eigenvalue weighted by molar-refractivity contribution is -0.122. The van der Waals surface area contributed by atoms with Gasteiger partial charge in [0.15, 0.2) is 5.65 Å². The zero-order valence-electron chi connectivity index (χ0n) is 16.5. The van der Waals surface area contributed by atoms with Gasteiger partial charge in [-0.15, -0.1) is 0 Å². The third-order valence-corrected chi connectivity index (χ3v) is 5.49. The first-order valence-electron chi connectivity index (χ1n) is 9.32. The number of hydrogen-bond donors (Lipinski definition) is 1. The molecule has 1 saturated heterocycles. The van der Waals surface area contributed by atoms with E-state index in [0.29, 0.717) is 12.2 Å². The molecule has 3 heterocycles. The number of benzene rings is 1. The normalized spacial score (nSPS) is 16.8. The number of rotatable bonds is 3. The maximum Gasteiger partial charge on any atom is 0.229 e. The number of anilines is 2. The van der Waals surface area contributed by atoms with E-state index in [4.69, 9.17) is 0 Å². The second-order valence-electron chi connectivity index (χ2n) is 7.42. The first kappa shape index (κ1) is 18.2. The Hall–Kier alpha value is -3.22. The van der Waals surface area contributed by atoms with Crippen molar-refractivity contribution in [1.29, 1.82) is 0 Å². The van der Waals surface area contributed by atoms with E-state index in [1.165, 1.54) is 0 Å². The van der Waals surface area contributed by atoms with Crippen LogP contribution in [0.4, 0.5) is 11.4 Å². The molecule has 1 atom stereocenters. The fourth-order valence-electron chi connectivity index (χ4n) is 3.76. The average Bonchev–Trinajstić information content (AvgIpc) is 3.17. The smallest absolute Gasteiger partial charge is 0.229 e. The fourth-order valence-corrected chi connectivity index (χ4v) is 3.76. The Bertz CT molecular complexity index is 1100. The van der Waals surface area contributed by atoms with Gasteiger partial charge in [0.1, 0.15) is 0 Å². The van der Waals surface area contributed by atoms with Crippen molar-refractivity contribution >= 4 is 34.2 Å². The SMILES string of the molecule is Cc1cccc(N2CC(C(=O)Nc3cnc4c(c3)c(C)nn4C)CC2=O)c1C. The van der Waals surface area contributed by atoms with Crippen molar-refractivity contribution in [3.63, 3.8) is 0 Å². The molecule has 1 aliphatic rings. The molecule has 3 aromatic rings. The zero-order valence-corrected chi connectivity index (χ0v) is 16.5. The molecular formula is C21H23N5O2. The Labute approximate surface area is 163 Å². The summed E-state index contributed by atoms with van der Waals surface area (Å²) < 4.78 is 1.72.